The van der Waals surface area contributed by atoms with Gasteiger partial charge >= 0.3 is 0 Å². The monoisotopic (exact) mass is 328 g/mol. The molecule has 1 aliphatic rings. The van der Waals surface area contributed by atoms with Crippen LogP contribution in [0.3, 0.4) is 0 Å². The summed E-state index contributed by atoms with van der Waals surface area (Å²) >= 11 is 0. The number of carbonyl (C=O) groups excluding carboxylic acids is 1. The van der Waals surface area contributed by atoms with Crippen LogP contribution in [-0.4, -0.2) is 27.4 Å². The molecule has 0 spiro atoms. The summed E-state index contributed by atoms with van der Waals surface area (Å²) in [6.45, 7) is 6.51. The molecule has 1 unspecified atom stereocenters. The first-order chi connectivity index (χ1) is 11.5. The molecule has 3 rings (SSSR count). The van der Waals surface area contributed by atoms with E-state index in [1.807, 2.05) is 39.0 Å². The lowest BCUT2D eigenvalue weighted by Gasteiger charge is -2.20. The van der Waals surface area contributed by atoms with E-state index in [0.29, 0.717) is 13.0 Å². The summed E-state index contributed by atoms with van der Waals surface area (Å²) in [6, 6.07) is 6.07. The summed E-state index contributed by atoms with van der Waals surface area (Å²) in [4.78, 5) is 12.5. The van der Waals surface area contributed by atoms with Crippen molar-refractivity contribution < 1.29 is 9.53 Å². The largest absolute Gasteiger partial charge is 0.491 e. The van der Waals surface area contributed by atoms with Crippen LogP contribution in [0.15, 0.2) is 18.2 Å². The molecule has 2 aromatic rings. The van der Waals surface area contributed by atoms with Gasteiger partial charge in [0.1, 0.15) is 5.75 Å². The Morgan fingerprint density at radius 2 is 2.17 bits per heavy atom. The van der Waals surface area contributed by atoms with E-state index >= 15 is 0 Å². The third-order valence-electron chi connectivity index (χ3n) is 4.28. The number of amides is 1. The fourth-order valence-electron chi connectivity index (χ4n) is 3.01. The van der Waals surface area contributed by atoms with Crippen LogP contribution in [0.25, 0.3) is 0 Å². The van der Waals surface area contributed by atoms with Crippen molar-refractivity contribution >= 4 is 5.91 Å². The number of benzene rings is 1. The highest BCUT2D eigenvalue weighted by atomic mass is 16.5. The molecule has 0 saturated carbocycles. The Kier molecular flexibility index (Phi) is 4.83. The number of H-pyrrole nitrogens is 1. The second-order valence-corrected chi connectivity index (χ2v) is 6.65. The molecule has 0 saturated heterocycles. The Balaban J connectivity index is 1.62. The first-order valence-electron chi connectivity index (χ1n) is 8.45. The van der Waals surface area contributed by atoms with Crippen molar-refractivity contribution in [2.75, 3.05) is 0 Å². The molecule has 0 radical (unpaired) electrons. The van der Waals surface area contributed by atoms with Gasteiger partial charge in [-0.3, -0.25) is 4.79 Å². The number of carbonyl (C=O) groups is 1. The number of aryl methyl sites for hydroxylation is 2. The van der Waals surface area contributed by atoms with E-state index in [9.17, 15) is 4.79 Å². The normalized spacial score (nSPS) is 16.8. The van der Waals surface area contributed by atoms with E-state index in [1.165, 1.54) is 0 Å². The zero-order chi connectivity index (χ0) is 17.1. The molecule has 0 fully saturated rings. The smallest absolute Gasteiger partial charge is 0.223 e. The number of aromatic amines is 1. The van der Waals surface area contributed by atoms with Gasteiger partial charge < -0.3 is 10.1 Å². The maximum absolute atomic E-state index is 12.5. The van der Waals surface area contributed by atoms with Gasteiger partial charge in [-0.05, 0) is 45.2 Å². The molecule has 0 aliphatic heterocycles. The average molecular weight is 328 g/mol. The minimum Gasteiger partial charge on any atom is -0.491 e. The zero-order valence-corrected chi connectivity index (χ0v) is 14.4. The molecule has 24 heavy (non-hydrogen) atoms. The molecule has 1 heterocycles. The van der Waals surface area contributed by atoms with Crippen molar-refractivity contribution in [1.29, 1.82) is 0 Å². The van der Waals surface area contributed by atoms with Gasteiger partial charge in [-0.2, -0.15) is 15.4 Å². The highest BCUT2D eigenvalue weighted by Crippen LogP contribution is 2.24. The molecule has 6 heteroatoms. The number of fused-ring (bicyclic) bond motifs is 1. The molecule has 1 aromatic heterocycles. The van der Waals surface area contributed by atoms with Gasteiger partial charge in [-0.15, -0.1) is 0 Å². The topological polar surface area (TPSA) is 79.9 Å². The van der Waals surface area contributed by atoms with Crippen LogP contribution >= 0.6 is 0 Å². The third kappa shape index (κ3) is 3.75. The van der Waals surface area contributed by atoms with Crippen LogP contribution in [0.2, 0.25) is 0 Å². The third-order valence-corrected chi connectivity index (χ3v) is 4.28. The number of ether oxygens (including phenoxy) is 1. The Morgan fingerprint density at radius 1 is 1.38 bits per heavy atom. The Bertz CT molecular complexity index is 724. The summed E-state index contributed by atoms with van der Waals surface area (Å²) in [5, 5.41) is 13.9. The minimum atomic E-state index is -0.0393. The summed E-state index contributed by atoms with van der Waals surface area (Å²) in [5.74, 6) is 0.870. The maximum atomic E-state index is 12.5. The van der Waals surface area contributed by atoms with Crippen LogP contribution in [0.5, 0.6) is 5.75 Å². The lowest BCUT2D eigenvalue weighted by atomic mass is 9.89. The number of rotatable bonds is 5. The number of nitrogens with one attached hydrogen (secondary N) is 2. The van der Waals surface area contributed by atoms with Gasteiger partial charge in [-0.25, -0.2) is 0 Å². The SMILES string of the molecule is Cc1ccc(CNC(=O)C2CCc3n[nH]nc3C2)c(OC(C)C)c1. The van der Waals surface area contributed by atoms with Crippen molar-refractivity contribution in [3.8, 4) is 5.75 Å². The van der Waals surface area contributed by atoms with Gasteiger partial charge in [0.15, 0.2) is 0 Å². The molecule has 1 aliphatic carbocycles. The van der Waals surface area contributed by atoms with E-state index in [0.717, 1.165) is 41.1 Å². The fraction of sp³-hybridized carbons (Fsp3) is 0.500. The van der Waals surface area contributed by atoms with Crippen molar-refractivity contribution in [2.24, 2.45) is 5.92 Å². The standard InChI is InChI=1S/C18H24N4O2/c1-11(2)24-17-8-12(3)4-5-14(17)10-19-18(23)13-6-7-15-16(9-13)21-22-20-15/h4-5,8,11,13H,6-7,9-10H2,1-3H3,(H,19,23)(H,20,21,22). The first kappa shape index (κ1) is 16.5. The lowest BCUT2D eigenvalue weighted by Crippen LogP contribution is -2.34. The molecular formula is C18H24N4O2. The Hall–Kier alpha value is -2.37. The Morgan fingerprint density at radius 3 is 2.96 bits per heavy atom. The van der Waals surface area contributed by atoms with Gasteiger partial charge in [0.2, 0.25) is 5.91 Å². The zero-order valence-electron chi connectivity index (χ0n) is 14.4. The van der Waals surface area contributed by atoms with Gasteiger partial charge in [0.05, 0.1) is 17.5 Å². The molecule has 0 bridgehead atoms. The highest BCUT2D eigenvalue weighted by Gasteiger charge is 2.27. The van der Waals surface area contributed by atoms with Gasteiger partial charge in [0, 0.05) is 24.4 Å². The minimum absolute atomic E-state index is 0.0393. The predicted octanol–water partition coefficient (Wildman–Crippen LogP) is 2.32. The van der Waals surface area contributed by atoms with Crippen LogP contribution < -0.4 is 10.1 Å². The maximum Gasteiger partial charge on any atom is 0.223 e. The lowest BCUT2D eigenvalue weighted by molar-refractivity contribution is -0.125. The van der Waals surface area contributed by atoms with E-state index in [-0.39, 0.29) is 17.9 Å². The van der Waals surface area contributed by atoms with E-state index in [2.05, 4.69) is 20.7 Å². The van der Waals surface area contributed by atoms with E-state index in [4.69, 9.17) is 4.74 Å². The van der Waals surface area contributed by atoms with Crippen LogP contribution in [0, 0.1) is 12.8 Å². The van der Waals surface area contributed by atoms with E-state index in [1.54, 1.807) is 0 Å². The van der Waals surface area contributed by atoms with E-state index < -0.39 is 0 Å². The quantitative estimate of drug-likeness (QED) is 0.883. The molecule has 1 amide bonds. The van der Waals surface area contributed by atoms with Gasteiger partial charge in [0.25, 0.3) is 0 Å². The predicted molar refractivity (Wildman–Crippen MR) is 90.7 cm³/mol. The summed E-state index contributed by atoms with van der Waals surface area (Å²) in [7, 11) is 0. The molecule has 128 valence electrons. The van der Waals surface area contributed by atoms with Crippen molar-refractivity contribution in [2.45, 2.75) is 52.7 Å². The number of hydrogen-bond donors (Lipinski definition) is 2. The fourth-order valence-corrected chi connectivity index (χ4v) is 3.01. The van der Waals surface area contributed by atoms with Crippen LogP contribution in [-0.2, 0) is 24.2 Å². The number of aromatic nitrogens is 3. The molecule has 6 nitrogen and oxygen atoms in total. The molecule has 1 atom stereocenters. The van der Waals surface area contributed by atoms with Crippen molar-refractivity contribution in [3.63, 3.8) is 0 Å². The van der Waals surface area contributed by atoms with Crippen LogP contribution in [0.1, 0.15) is 42.8 Å². The first-order valence-corrected chi connectivity index (χ1v) is 8.45. The number of hydrogen-bond acceptors (Lipinski definition) is 4. The molecule has 2 N–H and O–H groups in total. The second-order valence-electron chi connectivity index (χ2n) is 6.65. The van der Waals surface area contributed by atoms with Crippen molar-refractivity contribution in [3.05, 3.63) is 40.7 Å². The van der Waals surface area contributed by atoms with Gasteiger partial charge in [-0.1, -0.05) is 12.1 Å². The number of nitrogens with zero attached hydrogens (tertiary/aromatic N) is 2. The summed E-state index contributed by atoms with van der Waals surface area (Å²) in [5.41, 5.74) is 4.05. The summed E-state index contributed by atoms with van der Waals surface area (Å²) in [6.07, 6.45) is 2.37. The summed E-state index contributed by atoms with van der Waals surface area (Å²) < 4.78 is 5.87. The second kappa shape index (κ2) is 7.03. The molecule has 1 aromatic carbocycles. The molecular weight excluding hydrogens is 304 g/mol. The Labute approximate surface area is 142 Å². The van der Waals surface area contributed by atoms with Crippen molar-refractivity contribution in [1.82, 2.24) is 20.7 Å². The highest BCUT2D eigenvalue weighted by molar-refractivity contribution is 5.79. The average Bonchev–Trinajstić information content (AvgIpc) is 3.00. The van der Waals surface area contributed by atoms with Crippen LogP contribution in [0.4, 0.5) is 0 Å².